The van der Waals surface area contributed by atoms with Crippen LogP contribution in [0.3, 0.4) is 0 Å². The average molecular weight is 817 g/mol. The monoisotopic (exact) mass is 816 g/mol. The average Bonchev–Trinajstić information content (AvgIpc) is 3.69. The number of nitrogens with zero attached hydrogens (tertiary/aromatic N) is 8. The number of aryl methyl sites for hydroxylation is 1. The van der Waals surface area contributed by atoms with Gasteiger partial charge in [0.1, 0.15) is 0 Å². The van der Waals surface area contributed by atoms with Gasteiger partial charge in [-0.3, -0.25) is 0 Å². The minimum absolute atomic E-state index is 0.308. The predicted octanol–water partition coefficient (Wildman–Crippen LogP) is 14.1. The highest BCUT2D eigenvalue weighted by atomic mass is 15.0. The van der Waals surface area contributed by atoms with E-state index in [0.717, 1.165) is 49.7 Å². The Balaban J connectivity index is 1.37. The number of benzene rings is 8. The second-order valence-electron chi connectivity index (χ2n) is 15.4. The molecule has 8 aromatic carbocycles. The smallest absolute Gasteiger partial charge is 0.177 e. The van der Waals surface area contributed by atoms with E-state index in [1.165, 1.54) is 5.56 Å². The Morgan fingerprint density at radius 1 is 0.438 bits per heavy atom. The lowest BCUT2D eigenvalue weighted by Gasteiger charge is -2.22. The number of aromatic nitrogens is 4. The molecule has 0 bridgehead atoms. The summed E-state index contributed by atoms with van der Waals surface area (Å²) in [4.78, 5) is 22.8. The zero-order valence-corrected chi connectivity index (χ0v) is 34.3. The van der Waals surface area contributed by atoms with Gasteiger partial charge in [0.25, 0.3) is 0 Å². The van der Waals surface area contributed by atoms with Crippen molar-refractivity contribution in [2.24, 2.45) is 0 Å². The van der Waals surface area contributed by atoms with E-state index < -0.39 is 0 Å². The fourth-order valence-corrected chi connectivity index (χ4v) is 8.31. The van der Waals surface area contributed by atoms with Crippen molar-refractivity contribution in [2.45, 2.75) is 6.92 Å². The van der Waals surface area contributed by atoms with E-state index in [1.807, 2.05) is 84.9 Å². The molecule has 0 spiro atoms. The van der Waals surface area contributed by atoms with E-state index in [2.05, 4.69) is 87.9 Å². The van der Waals surface area contributed by atoms with E-state index in [4.69, 9.17) is 28.1 Å². The van der Waals surface area contributed by atoms with Gasteiger partial charge >= 0.3 is 0 Å². The van der Waals surface area contributed by atoms with Gasteiger partial charge in [0.2, 0.25) is 0 Å². The third-order valence-corrected chi connectivity index (χ3v) is 11.3. The number of hydrogen-bond acceptors (Lipinski definition) is 5. The molecule has 2 aromatic heterocycles. The third-order valence-electron chi connectivity index (χ3n) is 11.3. The summed E-state index contributed by atoms with van der Waals surface area (Å²) in [7, 11) is 0. The Labute approximate surface area is 369 Å². The Kier molecular flexibility index (Phi) is 9.79. The minimum atomic E-state index is 0.308. The molecule has 0 aliphatic rings. The van der Waals surface area contributed by atoms with Gasteiger partial charge in [0.15, 0.2) is 28.8 Å². The first kappa shape index (κ1) is 38.7. The molecule has 0 aliphatic carbocycles. The molecule has 0 amide bonds. The van der Waals surface area contributed by atoms with Crippen molar-refractivity contribution >= 4 is 33.2 Å². The maximum atomic E-state index is 10.3. The lowest BCUT2D eigenvalue weighted by molar-refractivity contribution is 1.07. The fraction of sp³-hybridized carbons (Fsp3) is 0.0179. The van der Waals surface area contributed by atoms with Gasteiger partial charge in [-0.05, 0) is 77.7 Å². The zero-order chi connectivity index (χ0) is 43.7. The Hall–Kier alpha value is -9.47. The molecule has 0 saturated heterocycles. The molecule has 10 aromatic rings. The molecule has 8 heteroatoms. The zero-order valence-electron chi connectivity index (χ0n) is 34.3. The SMILES string of the molecule is [C-]#[N+]c1cc([N+]#[C-])cc(-c2cc(-c3nc(-c4ccccc4)nc(-c4ccccc4)n3)cc(-c3cc(C#N)cc(C#N)c3)c2-n2c3ccccc3c3cc(-c4ccc(C)cc4)ccc32)c1. The van der Waals surface area contributed by atoms with Crippen LogP contribution < -0.4 is 0 Å². The first-order chi connectivity index (χ1) is 31.4. The van der Waals surface area contributed by atoms with E-state index >= 15 is 0 Å². The summed E-state index contributed by atoms with van der Waals surface area (Å²) in [6.07, 6.45) is 0. The van der Waals surface area contributed by atoms with Crippen LogP contribution in [0.5, 0.6) is 0 Å². The molecule has 0 radical (unpaired) electrons. The van der Waals surface area contributed by atoms with Gasteiger partial charge in [-0.25, -0.2) is 24.6 Å². The third kappa shape index (κ3) is 7.06. The van der Waals surface area contributed by atoms with Gasteiger partial charge in [-0.15, -0.1) is 0 Å². The van der Waals surface area contributed by atoms with Crippen molar-refractivity contribution in [1.29, 1.82) is 10.5 Å². The summed E-state index contributed by atoms with van der Waals surface area (Å²) in [5.74, 6) is 1.34. The number of fused-ring (bicyclic) bond motifs is 3. The van der Waals surface area contributed by atoms with Crippen LogP contribution in [0.15, 0.2) is 176 Å². The van der Waals surface area contributed by atoms with Gasteiger partial charge < -0.3 is 4.57 Å². The highest BCUT2D eigenvalue weighted by molar-refractivity contribution is 6.12. The molecule has 0 fully saturated rings. The van der Waals surface area contributed by atoms with E-state index in [0.29, 0.717) is 67.8 Å². The summed E-state index contributed by atoms with van der Waals surface area (Å²) in [6, 6.07) is 61.5. The molecular formula is C56H32N8. The highest BCUT2D eigenvalue weighted by Crippen LogP contribution is 2.46. The number of rotatable bonds is 7. The summed E-state index contributed by atoms with van der Waals surface area (Å²) in [5.41, 5.74) is 12.0. The molecule has 0 atom stereocenters. The molecule has 0 N–H and O–H groups in total. The van der Waals surface area contributed by atoms with E-state index in [-0.39, 0.29) is 0 Å². The molecule has 10 rings (SSSR count). The van der Waals surface area contributed by atoms with Gasteiger partial charge in [0.05, 0.1) is 53.1 Å². The van der Waals surface area contributed by atoms with Crippen LogP contribution in [0.2, 0.25) is 0 Å². The molecule has 0 saturated carbocycles. The summed E-state index contributed by atoms with van der Waals surface area (Å²) in [5, 5.41) is 22.7. The van der Waals surface area contributed by atoms with Crippen molar-refractivity contribution in [3.8, 4) is 85.4 Å². The van der Waals surface area contributed by atoms with Gasteiger partial charge in [0, 0.05) is 38.6 Å². The van der Waals surface area contributed by atoms with Crippen LogP contribution in [0.4, 0.5) is 11.4 Å². The first-order valence-electron chi connectivity index (χ1n) is 20.4. The van der Waals surface area contributed by atoms with Crippen molar-refractivity contribution in [1.82, 2.24) is 19.5 Å². The van der Waals surface area contributed by atoms with Crippen LogP contribution in [0, 0.1) is 42.7 Å². The van der Waals surface area contributed by atoms with Crippen molar-refractivity contribution < 1.29 is 0 Å². The van der Waals surface area contributed by atoms with Crippen molar-refractivity contribution in [2.75, 3.05) is 0 Å². The molecular weight excluding hydrogens is 785 g/mol. The molecule has 0 aliphatic heterocycles. The molecule has 296 valence electrons. The van der Waals surface area contributed by atoms with Crippen LogP contribution >= 0.6 is 0 Å². The second kappa shape index (κ2) is 16.2. The van der Waals surface area contributed by atoms with Crippen LogP contribution in [-0.2, 0) is 0 Å². The standard InChI is InChI=1S/C56H32N8/c1-35-18-20-38(21-19-35)41-22-23-52-50(29-41)47-16-10-11-17-51(47)64(52)53-48(42-25-36(33-57)24-37(26-42)34-58)30-44(31-49(53)43-27-45(59-2)32-46(28-43)60-3)56-62-54(39-12-6-4-7-13-39)61-55(63-56)40-14-8-5-9-15-40/h4-32H,1H3. The van der Waals surface area contributed by atoms with E-state index in [1.54, 1.807) is 36.4 Å². The lowest BCUT2D eigenvalue weighted by Crippen LogP contribution is -2.04. The predicted molar refractivity (Wildman–Crippen MR) is 253 cm³/mol. The van der Waals surface area contributed by atoms with Gasteiger partial charge in [-0.2, -0.15) is 10.5 Å². The summed E-state index contributed by atoms with van der Waals surface area (Å²) < 4.78 is 2.21. The quantitative estimate of drug-likeness (QED) is 0.149. The second-order valence-corrected chi connectivity index (χ2v) is 15.4. The Morgan fingerprint density at radius 3 is 1.50 bits per heavy atom. The van der Waals surface area contributed by atoms with Gasteiger partial charge in [-0.1, -0.05) is 133 Å². The van der Waals surface area contributed by atoms with Crippen molar-refractivity contribution in [3.63, 3.8) is 0 Å². The topological polar surface area (TPSA) is 99.9 Å². The largest absolute Gasteiger partial charge is 0.308 e. The molecule has 2 heterocycles. The Bertz CT molecular complexity index is 3440. The Morgan fingerprint density at radius 2 is 0.938 bits per heavy atom. The minimum Gasteiger partial charge on any atom is -0.308 e. The lowest BCUT2D eigenvalue weighted by atomic mass is 9.90. The number of nitriles is 2. The normalized spacial score (nSPS) is 10.8. The number of para-hydroxylation sites is 1. The summed E-state index contributed by atoms with van der Waals surface area (Å²) >= 11 is 0. The summed E-state index contributed by atoms with van der Waals surface area (Å²) in [6.45, 7) is 18.2. The molecule has 64 heavy (non-hydrogen) atoms. The molecule has 8 nitrogen and oxygen atoms in total. The van der Waals surface area contributed by atoms with Crippen LogP contribution in [-0.4, -0.2) is 19.5 Å². The fourth-order valence-electron chi connectivity index (χ4n) is 8.31. The van der Waals surface area contributed by atoms with Crippen LogP contribution in [0.25, 0.3) is 105 Å². The van der Waals surface area contributed by atoms with E-state index in [9.17, 15) is 10.5 Å². The van der Waals surface area contributed by atoms with Crippen LogP contribution in [0.1, 0.15) is 16.7 Å². The highest BCUT2D eigenvalue weighted by Gasteiger charge is 2.24. The molecule has 0 unspecified atom stereocenters. The maximum absolute atomic E-state index is 10.3. The number of hydrogen-bond donors (Lipinski definition) is 0. The maximum Gasteiger partial charge on any atom is 0.177 e. The first-order valence-corrected chi connectivity index (χ1v) is 20.4. The van der Waals surface area contributed by atoms with Crippen molar-refractivity contribution in [3.05, 3.63) is 215 Å².